The number of nitro benzene ring substituents is 1. The molecule has 1 saturated heterocycles. The van der Waals surface area contributed by atoms with Crippen molar-refractivity contribution in [2.45, 2.75) is 24.2 Å². The zero-order valence-electron chi connectivity index (χ0n) is 12.4. The summed E-state index contributed by atoms with van der Waals surface area (Å²) in [6.45, 7) is 0.887. The number of nitro groups is 1. The summed E-state index contributed by atoms with van der Waals surface area (Å²) in [4.78, 5) is 9.28. The van der Waals surface area contributed by atoms with E-state index in [0.29, 0.717) is 19.4 Å². The molecule has 0 bridgehead atoms. The number of nitrogens with zero attached hydrogens (tertiary/aromatic N) is 2. The fourth-order valence-electron chi connectivity index (χ4n) is 2.74. The monoisotopic (exact) mass is 367 g/mol. The number of halogens is 2. The van der Waals surface area contributed by atoms with Crippen molar-refractivity contribution in [3.63, 3.8) is 0 Å². The maximum absolute atomic E-state index is 14.0. The molecule has 0 aromatic heterocycles. The third-order valence-corrected chi connectivity index (χ3v) is 5.73. The molecular weight excluding hydrogens is 349 g/mol. The largest absolute Gasteiger partial charge is 0.330 e. The van der Waals surface area contributed by atoms with Gasteiger partial charge in [0.25, 0.3) is 15.7 Å². The van der Waals surface area contributed by atoms with Crippen LogP contribution in [0.15, 0.2) is 23.1 Å². The van der Waals surface area contributed by atoms with Crippen LogP contribution in [-0.2, 0) is 10.0 Å². The normalized spacial score (nSPS) is 19.1. The van der Waals surface area contributed by atoms with E-state index in [4.69, 9.17) is 5.73 Å². The zero-order chi connectivity index (χ0) is 16.3. The van der Waals surface area contributed by atoms with Crippen LogP contribution >= 0.6 is 12.4 Å². The zero-order valence-corrected chi connectivity index (χ0v) is 14.0. The van der Waals surface area contributed by atoms with Gasteiger partial charge in [-0.1, -0.05) is 6.07 Å². The Kier molecular flexibility index (Phi) is 6.87. The molecule has 1 aliphatic heterocycles. The molecule has 23 heavy (non-hydrogen) atoms. The van der Waals surface area contributed by atoms with Crippen LogP contribution in [0.2, 0.25) is 0 Å². The van der Waals surface area contributed by atoms with Gasteiger partial charge >= 0.3 is 0 Å². The Morgan fingerprint density at radius 1 is 1.43 bits per heavy atom. The molecular formula is C13H19ClFN3O4S. The number of piperidine rings is 1. The van der Waals surface area contributed by atoms with Crippen molar-refractivity contribution in [3.8, 4) is 0 Å². The molecule has 7 nitrogen and oxygen atoms in total. The summed E-state index contributed by atoms with van der Waals surface area (Å²) < 4.78 is 40.4. The van der Waals surface area contributed by atoms with Gasteiger partial charge in [-0.2, -0.15) is 4.31 Å². The maximum Gasteiger partial charge on any atom is 0.292 e. The molecule has 0 amide bonds. The quantitative estimate of drug-likeness (QED) is 0.631. The lowest BCUT2D eigenvalue weighted by Gasteiger charge is -2.31. The first-order chi connectivity index (χ1) is 10.4. The minimum absolute atomic E-state index is 0. The molecule has 0 radical (unpaired) electrons. The summed E-state index contributed by atoms with van der Waals surface area (Å²) in [6.07, 6.45) is 2.15. The van der Waals surface area contributed by atoms with Crippen molar-refractivity contribution in [1.29, 1.82) is 0 Å². The van der Waals surface area contributed by atoms with Gasteiger partial charge in [0, 0.05) is 19.2 Å². The summed E-state index contributed by atoms with van der Waals surface area (Å²) in [6, 6.07) is 3.04. The van der Waals surface area contributed by atoms with Crippen LogP contribution < -0.4 is 5.73 Å². The van der Waals surface area contributed by atoms with Crippen LogP contribution in [0.25, 0.3) is 0 Å². The number of sulfonamides is 1. The van der Waals surface area contributed by atoms with E-state index in [1.54, 1.807) is 0 Å². The van der Waals surface area contributed by atoms with Gasteiger partial charge in [-0.3, -0.25) is 10.1 Å². The van der Waals surface area contributed by atoms with Gasteiger partial charge in [0.15, 0.2) is 4.90 Å². The second kappa shape index (κ2) is 8.00. The van der Waals surface area contributed by atoms with Crippen molar-refractivity contribution in [2.24, 2.45) is 11.7 Å². The van der Waals surface area contributed by atoms with Crippen molar-refractivity contribution >= 4 is 28.1 Å². The standard InChI is InChI=1S/C13H18FN3O4S.ClH/c14-11-4-1-5-12(17(18)19)13(11)22(20,21)16-8-2-3-10(9-16)6-7-15;/h1,4-5,10H,2-3,6-9,15H2;1H. The predicted molar refractivity (Wildman–Crippen MR) is 85.5 cm³/mol. The molecule has 1 aliphatic rings. The third kappa shape index (κ3) is 4.17. The number of hydrogen-bond acceptors (Lipinski definition) is 5. The molecule has 1 heterocycles. The van der Waals surface area contributed by atoms with Gasteiger partial charge in [0.2, 0.25) is 0 Å². The number of nitrogens with two attached hydrogens (primary N) is 1. The van der Waals surface area contributed by atoms with Gasteiger partial charge in [-0.05, 0) is 37.8 Å². The molecule has 2 rings (SSSR count). The highest BCUT2D eigenvalue weighted by Crippen LogP contribution is 2.32. The fourth-order valence-corrected chi connectivity index (χ4v) is 4.50. The van der Waals surface area contributed by atoms with E-state index in [1.807, 2.05) is 0 Å². The van der Waals surface area contributed by atoms with Gasteiger partial charge < -0.3 is 5.73 Å². The highest BCUT2D eigenvalue weighted by Gasteiger charge is 2.37. The van der Waals surface area contributed by atoms with Crippen molar-refractivity contribution < 1.29 is 17.7 Å². The van der Waals surface area contributed by atoms with E-state index in [-0.39, 0.29) is 31.4 Å². The molecule has 1 unspecified atom stereocenters. The molecule has 0 spiro atoms. The minimum Gasteiger partial charge on any atom is -0.330 e. The molecule has 0 saturated carbocycles. The van der Waals surface area contributed by atoms with Crippen molar-refractivity contribution in [1.82, 2.24) is 4.31 Å². The number of hydrogen-bond donors (Lipinski definition) is 1. The molecule has 2 N–H and O–H groups in total. The van der Waals surface area contributed by atoms with Crippen molar-refractivity contribution in [2.75, 3.05) is 19.6 Å². The Bertz CT molecular complexity index is 669. The smallest absolute Gasteiger partial charge is 0.292 e. The minimum atomic E-state index is -4.24. The summed E-state index contributed by atoms with van der Waals surface area (Å²) in [5.74, 6) is -1.01. The molecule has 1 fully saturated rings. The Morgan fingerprint density at radius 3 is 2.74 bits per heavy atom. The Morgan fingerprint density at radius 2 is 2.13 bits per heavy atom. The SMILES string of the molecule is Cl.NCCC1CCCN(S(=O)(=O)c2c(F)cccc2[N+](=O)[O-])C1. The van der Waals surface area contributed by atoms with Crippen LogP contribution in [0.5, 0.6) is 0 Å². The predicted octanol–water partition coefficient (Wildman–Crippen LogP) is 1.91. The van der Waals surface area contributed by atoms with Crippen LogP contribution in [0.1, 0.15) is 19.3 Å². The van der Waals surface area contributed by atoms with E-state index in [0.717, 1.165) is 28.9 Å². The first-order valence-electron chi connectivity index (χ1n) is 7.01. The van der Waals surface area contributed by atoms with Gasteiger partial charge in [0.1, 0.15) is 5.82 Å². The van der Waals surface area contributed by atoms with Crippen LogP contribution in [0.4, 0.5) is 10.1 Å². The van der Waals surface area contributed by atoms with Crippen LogP contribution in [-0.4, -0.2) is 37.3 Å². The summed E-state index contributed by atoms with van der Waals surface area (Å²) >= 11 is 0. The van der Waals surface area contributed by atoms with E-state index in [1.165, 1.54) is 0 Å². The van der Waals surface area contributed by atoms with Gasteiger partial charge in [0.05, 0.1) is 4.92 Å². The Hall–Kier alpha value is -1.29. The van der Waals surface area contributed by atoms with E-state index < -0.39 is 31.3 Å². The lowest BCUT2D eigenvalue weighted by Crippen LogP contribution is -2.40. The van der Waals surface area contributed by atoms with E-state index >= 15 is 0 Å². The van der Waals surface area contributed by atoms with Crippen LogP contribution in [0, 0.1) is 21.8 Å². The number of benzene rings is 1. The summed E-state index contributed by atoms with van der Waals surface area (Å²) in [5.41, 5.74) is 4.76. The lowest BCUT2D eigenvalue weighted by molar-refractivity contribution is -0.388. The highest BCUT2D eigenvalue weighted by molar-refractivity contribution is 7.89. The fraction of sp³-hybridized carbons (Fsp3) is 0.538. The van der Waals surface area contributed by atoms with E-state index in [2.05, 4.69) is 0 Å². The summed E-state index contributed by atoms with van der Waals surface area (Å²) in [5, 5.41) is 11.0. The summed E-state index contributed by atoms with van der Waals surface area (Å²) in [7, 11) is -4.24. The lowest BCUT2D eigenvalue weighted by atomic mass is 9.96. The van der Waals surface area contributed by atoms with Crippen molar-refractivity contribution in [3.05, 3.63) is 34.1 Å². The average molecular weight is 368 g/mol. The first-order valence-corrected chi connectivity index (χ1v) is 8.45. The molecule has 1 aromatic carbocycles. The maximum atomic E-state index is 14.0. The first kappa shape index (κ1) is 19.8. The number of rotatable bonds is 5. The average Bonchev–Trinajstić information content (AvgIpc) is 2.47. The Labute approximate surface area is 140 Å². The molecule has 130 valence electrons. The molecule has 0 aliphatic carbocycles. The molecule has 10 heteroatoms. The molecule has 1 atom stereocenters. The highest BCUT2D eigenvalue weighted by atomic mass is 35.5. The molecule has 1 aromatic rings. The van der Waals surface area contributed by atoms with E-state index in [9.17, 15) is 22.9 Å². The second-order valence-corrected chi connectivity index (χ2v) is 7.17. The third-order valence-electron chi connectivity index (χ3n) is 3.80. The van der Waals surface area contributed by atoms with Crippen LogP contribution in [0.3, 0.4) is 0 Å². The van der Waals surface area contributed by atoms with Gasteiger partial charge in [-0.15, -0.1) is 12.4 Å². The second-order valence-electron chi connectivity index (χ2n) is 5.29. The Balaban J connectivity index is 0.00000264. The van der Waals surface area contributed by atoms with Gasteiger partial charge in [-0.25, -0.2) is 12.8 Å². The topological polar surface area (TPSA) is 107 Å².